The monoisotopic (exact) mass is 502 g/mol. The van der Waals surface area contributed by atoms with E-state index in [1.165, 1.54) is 12.1 Å². The molecular formula is C25H28F2N4O3S. The molecule has 0 spiro atoms. The van der Waals surface area contributed by atoms with Crippen LogP contribution in [0.5, 0.6) is 5.75 Å². The molecule has 0 bridgehead atoms. The number of anilines is 1. The minimum Gasteiger partial charge on any atom is -0.487 e. The number of aryl methyl sites for hydroxylation is 1. The highest BCUT2D eigenvalue weighted by Crippen LogP contribution is 2.30. The Morgan fingerprint density at radius 3 is 2.20 bits per heavy atom. The van der Waals surface area contributed by atoms with Crippen molar-refractivity contribution in [1.82, 2.24) is 14.7 Å². The van der Waals surface area contributed by atoms with Gasteiger partial charge in [-0.25, -0.2) is 31.9 Å². The number of hydrogen-bond acceptors (Lipinski definition) is 6. The normalized spacial score (nSPS) is 14.5. The van der Waals surface area contributed by atoms with E-state index in [9.17, 15) is 17.2 Å². The van der Waals surface area contributed by atoms with Gasteiger partial charge in [0.2, 0.25) is 16.8 Å². The van der Waals surface area contributed by atoms with Crippen LogP contribution in [0.2, 0.25) is 0 Å². The molecule has 10 heteroatoms. The first-order valence-corrected chi connectivity index (χ1v) is 12.8. The molecule has 1 aliphatic rings. The molecule has 1 saturated heterocycles. The maximum absolute atomic E-state index is 14.7. The Kier molecular flexibility index (Phi) is 8.25. The minimum absolute atomic E-state index is 0.158. The van der Waals surface area contributed by atoms with Crippen molar-refractivity contribution in [2.75, 3.05) is 24.6 Å². The third kappa shape index (κ3) is 6.52. The predicted molar refractivity (Wildman–Crippen MR) is 131 cm³/mol. The first-order valence-electron chi connectivity index (χ1n) is 11.6. The van der Waals surface area contributed by atoms with Crippen molar-refractivity contribution >= 4 is 16.8 Å². The van der Waals surface area contributed by atoms with Gasteiger partial charge in [-0.1, -0.05) is 31.2 Å². The number of thiol groups is 1. The number of aromatic nitrogens is 2. The zero-order valence-corrected chi connectivity index (χ0v) is 20.3. The van der Waals surface area contributed by atoms with E-state index in [1.54, 1.807) is 24.3 Å². The molecule has 7 nitrogen and oxygen atoms in total. The van der Waals surface area contributed by atoms with Gasteiger partial charge in [0.05, 0.1) is 6.61 Å². The molecule has 3 aromatic rings. The SMILES string of the molecule is CCc1cnc(N2CCC(COc3c(F)cc(-c4ccc(CN[SH](=O)=O)cc4)cc3F)CC2)nc1. The van der Waals surface area contributed by atoms with Crippen LogP contribution in [0.25, 0.3) is 11.1 Å². The topological polar surface area (TPSA) is 84.4 Å². The third-order valence-electron chi connectivity index (χ3n) is 6.16. The van der Waals surface area contributed by atoms with E-state index in [4.69, 9.17) is 4.74 Å². The number of rotatable bonds is 9. The Morgan fingerprint density at radius 2 is 1.63 bits per heavy atom. The van der Waals surface area contributed by atoms with Crippen molar-refractivity contribution in [2.24, 2.45) is 5.92 Å². The van der Waals surface area contributed by atoms with Crippen molar-refractivity contribution in [3.05, 3.63) is 71.6 Å². The van der Waals surface area contributed by atoms with Crippen molar-refractivity contribution in [1.29, 1.82) is 0 Å². The third-order valence-corrected chi connectivity index (χ3v) is 6.57. The number of piperidine rings is 1. The molecule has 1 aromatic heterocycles. The maximum atomic E-state index is 14.7. The summed E-state index contributed by atoms with van der Waals surface area (Å²) in [5.74, 6) is -0.980. The van der Waals surface area contributed by atoms with Crippen molar-refractivity contribution in [2.45, 2.75) is 32.7 Å². The molecule has 1 N–H and O–H groups in total. The Morgan fingerprint density at radius 1 is 1.00 bits per heavy atom. The van der Waals surface area contributed by atoms with Gasteiger partial charge >= 0.3 is 0 Å². The summed E-state index contributed by atoms with van der Waals surface area (Å²) in [6, 6.07) is 9.29. The summed E-state index contributed by atoms with van der Waals surface area (Å²) < 4.78 is 58.6. The first kappa shape index (κ1) is 25.0. The van der Waals surface area contributed by atoms with E-state index in [1.807, 2.05) is 12.4 Å². The van der Waals surface area contributed by atoms with E-state index in [0.717, 1.165) is 43.5 Å². The lowest BCUT2D eigenvalue weighted by molar-refractivity contribution is 0.207. The second kappa shape index (κ2) is 11.5. The first-order chi connectivity index (χ1) is 16.9. The second-order valence-electron chi connectivity index (χ2n) is 8.54. The molecule has 0 unspecified atom stereocenters. The van der Waals surface area contributed by atoms with Crippen LogP contribution in [0.3, 0.4) is 0 Å². The summed E-state index contributed by atoms with van der Waals surface area (Å²) in [7, 11) is -2.68. The minimum atomic E-state index is -2.68. The van der Waals surface area contributed by atoms with Gasteiger partial charge in [0.1, 0.15) is 0 Å². The summed E-state index contributed by atoms with van der Waals surface area (Å²) in [5, 5.41) is 0. The fraction of sp³-hybridized carbons (Fsp3) is 0.360. The molecule has 0 radical (unpaired) electrons. The average molecular weight is 503 g/mol. The number of hydrogen-bond donors (Lipinski definition) is 2. The zero-order chi connectivity index (χ0) is 24.8. The summed E-state index contributed by atoms with van der Waals surface area (Å²) in [6.45, 7) is 3.98. The van der Waals surface area contributed by atoms with E-state index in [0.29, 0.717) is 17.1 Å². The Balaban J connectivity index is 1.33. The lowest BCUT2D eigenvalue weighted by atomic mass is 9.98. The van der Waals surface area contributed by atoms with Crippen molar-refractivity contribution in [3.63, 3.8) is 0 Å². The largest absolute Gasteiger partial charge is 0.487 e. The molecule has 1 fully saturated rings. The number of nitrogens with one attached hydrogen (secondary N) is 1. The molecule has 0 atom stereocenters. The highest BCUT2D eigenvalue weighted by atomic mass is 32.2. The standard InChI is InChI=1S/C25H28F2N4O3S/c1-2-17-13-28-25(29-14-17)31-9-7-19(8-10-31)16-34-24-22(26)11-21(12-23(24)27)20-5-3-18(4-6-20)15-30-35(32)33/h3-6,11-14,19,35H,2,7-10,15-16H2,1H3,(H,30,32,33). The van der Waals surface area contributed by atoms with Crippen molar-refractivity contribution in [3.8, 4) is 16.9 Å². The molecule has 2 aromatic carbocycles. The predicted octanol–water partition coefficient (Wildman–Crippen LogP) is 3.90. The van der Waals surface area contributed by atoms with E-state index < -0.39 is 22.5 Å². The number of halogens is 2. The molecule has 35 heavy (non-hydrogen) atoms. The average Bonchev–Trinajstić information content (AvgIpc) is 2.87. The van der Waals surface area contributed by atoms with Gasteiger partial charge in [-0.05, 0) is 59.6 Å². The van der Waals surface area contributed by atoms with Gasteiger partial charge in [-0.2, -0.15) is 0 Å². The van der Waals surface area contributed by atoms with Crippen LogP contribution < -0.4 is 14.4 Å². The highest BCUT2D eigenvalue weighted by molar-refractivity contribution is 7.70. The molecule has 4 rings (SSSR count). The molecule has 0 saturated carbocycles. The highest BCUT2D eigenvalue weighted by Gasteiger charge is 2.23. The van der Waals surface area contributed by atoms with Crippen LogP contribution in [-0.2, 0) is 23.9 Å². The van der Waals surface area contributed by atoms with E-state index in [2.05, 4.69) is 26.5 Å². The number of benzene rings is 2. The Hall–Kier alpha value is -3.11. The van der Waals surface area contributed by atoms with Crippen LogP contribution in [-0.4, -0.2) is 38.1 Å². The van der Waals surface area contributed by atoms with E-state index in [-0.39, 0.29) is 24.8 Å². The van der Waals surface area contributed by atoms with Gasteiger partial charge in [0, 0.05) is 32.0 Å². The Bertz CT molecular complexity index is 1180. The number of nitrogens with zero attached hydrogens (tertiary/aromatic N) is 3. The lowest BCUT2D eigenvalue weighted by Crippen LogP contribution is -2.36. The summed E-state index contributed by atoms with van der Waals surface area (Å²) >= 11 is 0. The summed E-state index contributed by atoms with van der Waals surface area (Å²) in [4.78, 5) is 11.0. The lowest BCUT2D eigenvalue weighted by Gasteiger charge is -2.31. The molecule has 0 aliphatic carbocycles. The molecule has 1 aliphatic heterocycles. The van der Waals surface area contributed by atoms with Gasteiger partial charge < -0.3 is 9.64 Å². The van der Waals surface area contributed by atoms with Gasteiger partial charge in [-0.15, -0.1) is 0 Å². The van der Waals surface area contributed by atoms with Crippen LogP contribution in [0.1, 0.15) is 30.9 Å². The zero-order valence-electron chi connectivity index (χ0n) is 19.4. The van der Waals surface area contributed by atoms with Crippen molar-refractivity contribution < 1.29 is 21.9 Å². The molecule has 0 amide bonds. The van der Waals surface area contributed by atoms with Gasteiger partial charge in [0.25, 0.3) is 0 Å². The second-order valence-corrected chi connectivity index (χ2v) is 9.37. The Labute approximate surface area is 205 Å². The van der Waals surface area contributed by atoms with Gasteiger partial charge in [0.15, 0.2) is 17.4 Å². The van der Waals surface area contributed by atoms with Crippen LogP contribution >= 0.6 is 0 Å². The number of ether oxygens (including phenoxy) is 1. The smallest absolute Gasteiger partial charge is 0.225 e. The molecule has 186 valence electrons. The van der Waals surface area contributed by atoms with E-state index >= 15 is 0 Å². The quantitative estimate of drug-likeness (QED) is 0.432. The van der Waals surface area contributed by atoms with Crippen LogP contribution in [0.15, 0.2) is 48.8 Å². The van der Waals surface area contributed by atoms with Crippen LogP contribution in [0, 0.1) is 17.6 Å². The summed E-state index contributed by atoms with van der Waals surface area (Å²) in [5.41, 5.74) is 2.83. The molecule has 2 heterocycles. The molecular weight excluding hydrogens is 474 g/mol. The fourth-order valence-electron chi connectivity index (χ4n) is 4.03. The van der Waals surface area contributed by atoms with Crippen LogP contribution in [0.4, 0.5) is 14.7 Å². The van der Waals surface area contributed by atoms with Gasteiger partial charge in [-0.3, -0.25) is 0 Å². The maximum Gasteiger partial charge on any atom is 0.225 e. The summed E-state index contributed by atoms with van der Waals surface area (Å²) in [6.07, 6.45) is 6.23. The fourth-order valence-corrected chi connectivity index (χ4v) is 4.34.